The van der Waals surface area contributed by atoms with Crippen LogP contribution in [-0.2, 0) is 11.3 Å². The lowest BCUT2D eigenvalue weighted by Gasteiger charge is -2.32. The molecule has 0 spiro atoms. The van der Waals surface area contributed by atoms with E-state index in [9.17, 15) is 9.90 Å². The van der Waals surface area contributed by atoms with Gasteiger partial charge in [0, 0.05) is 36.1 Å². The molecule has 0 bridgehead atoms. The van der Waals surface area contributed by atoms with Gasteiger partial charge in [-0.25, -0.2) is 0 Å². The van der Waals surface area contributed by atoms with E-state index in [0.717, 1.165) is 31.5 Å². The summed E-state index contributed by atoms with van der Waals surface area (Å²) in [5, 5.41) is 10.6. The normalized spacial score (nSPS) is 17.9. The lowest BCUT2D eigenvalue weighted by molar-refractivity contribution is -0.122. The van der Waals surface area contributed by atoms with Crippen molar-refractivity contribution in [1.29, 1.82) is 0 Å². The molecule has 1 saturated heterocycles. The highest BCUT2D eigenvalue weighted by Gasteiger charge is 2.23. The summed E-state index contributed by atoms with van der Waals surface area (Å²) in [5.74, 6) is 0.586. The fraction of sp³-hybridized carbons (Fsp3) is 0.300. The molecule has 1 amide bonds. The second kappa shape index (κ2) is 7.17. The fourth-order valence-electron chi connectivity index (χ4n) is 3.58. The van der Waals surface area contributed by atoms with Gasteiger partial charge in [0.2, 0.25) is 5.75 Å². The number of nitrogens with zero attached hydrogens (tertiary/aromatic N) is 2. The zero-order chi connectivity index (χ0) is 17.9. The van der Waals surface area contributed by atoms with E-state index in [-0.39, 0.29) is 11.7 Å². The van der Waals surface area contributed by atoms with Crippen LogP contribution in [0.15, 0.2) is 42.7 Å². The lowest BCUT2D eigenvalue weighted by atomic mass is 9.90. The van der Waals surface area contributed by atoms with Crippen molar-refractivity contribution in [2.45, 2.75) is 25.3 Å². The number of fused-ring (bicyclic) bond motifs is 1. The molecule has 0 saturated carbocycles. The topological polar surface area (TPSA) is 74.7 Å². The number of aromatic nitrogens is 1. The summed E-state index contributed by atoms with van der Waals surface area (Å²) in [6.07, 6.45) is 8.94. The molecule has 134 valence electrons. The molecule has 3 heterocycles. The maximum Gasteiger partial charge on any atom is 0.276 e. The first-order valence-corrected chi connectivity index (χ1v) is 8.83. The van der Waals surface area contributed by atoms with E-state index in [4.69, 9.17) is 4.84 Å². The number of amides is 1. The zero-order valence-electron chi connectivity index (χ0n) is 14.4. The van der Waals surface area contributed by atoms with Crippen LogP contribution in [0.5, 0.6) is 11.5 Å². The minimum Gasteiger partial charge on any atom is -0.504 e. The average Bonchev–Trinajstić information content (AvgIpc) is 2.87. The van der Waals surface area contributed by atoms with Crippen molar-refractivity contribution in [1.82, 2.24) is 15.4 Å². The van der Waals surface area contributed by atoms with Crippen LogP contribution in [0.2, 0.25) is 0 Å². The van der Waals surface area contributed by atoms with Gasteiger partial charge in [0.1, 0.15) is 0 Å². The van der Waals surface area contributed by atoms with Gasteiger partial charge in [-0.2, -0.15) is 5.48 Å². The largest absolute Gasteiger partial charge is 0.504 e. The molecular weight excluding hydrogens is 330 g/mol. The molecule has 6 nitrogen and oxygen atoms in total. The number of aromatic hydroxyl groups is 1. The van der Waals surface area contributed by atoms with E-state index >= 15 is 0 Å². The number of carbonyl (C=O) groups excluding carboxylic acids is 1. The average molecular weight is 351 g/mol. The SMILES string of the molecule is O=C1C=Cc2ccc(CN3CCC(c4cccnc4)CC3)c(O)c2ON1. The van der Waals surface area contributed by atoms with E-state index in [2.05, 4.69) is 21.4 Å². The number of piperidine rings is 1. The van der Waals surface area contributed by atoms with E-state index < -0.39 is 0 Å². The van der Waals surface area contributed by atoms with Crippen LogP contribution < -0.4 is 10.3 Å². The van der Waals surface area contributed by atoms with Crippen molar-refractivity contribution in [2.24, 2.45) is 0 Å². The van der Waals surface area contributed by atoms with Gasteiger partial charge in [-0.1, -0.05) is 18.2 Å². The molecule has 0 aliphatic carbocycles. The third-order valence-corrected chi connectivity index (χ3v) is 5.05. The number of likely N-dealkylation sites (tertiary alicyclic amines) is 1. The first kappa shape index (κ1) is 16.6. The second-order valence-electron chi connectivity index (χ2n) is 6.73. The molecule has 2 aliphatic rings. The number of hydroxylamine groups is 1. The van der Waals surface area contributed by atoms with Gasteiger partial charge < -0.3 is 9.94 Å². The Kier molecular flexibility index (Phi) is 4.58. The van der Waals surface area contributed by atoms with Crippen molar-refractivity contribution in [3.8, 4) is 11.5 Å². The molecule has 2 aromatic rings. The van der Waals surface area contributed by atoms with Gasteiger partial charge in [0.05, 0.1) is 0 Å². The van der Waals surface area contributed by atoms with Gasteiger partial charge in [-0.05, 0) is 49.6 Å². The third-order valence-electron chi connectivity index (χ3n) is 5.05. The number of phenolic OH excluding ortho intramolecular Hbond substituents is 1. The Morgan fingerprint density at radius 3 is 2.85 bits per heavy atom. The number of benzene rings is 1. The predicted octanol–water partition coefficient (Wildman–Crippen LogP) is 2.60. The maximum absolute atomic E-state index is 11.4. The lowest BCUT2D eigenvalue weighted by Crippen LogP contribution is -2.32. The highest BCUT2D eigenvalue weighted by Crippen LogP contribution is 2.36. The smallest absolute Gasteiger partial charge is 0.276 e. The predicted molar refractivity (Wildman–Crippen MR) is 97.4 cm³/mol. The van der Waals surface area contributed by atoms with Crippen molar-refractivity contribution >= 4 is 12.0 Å². The van der Waals surface area contributed by atoms with Crippen molar-refractivity contribution in [3.05, 3.63) is 59.4 Å². The fourth-order valence-corrected chi connectivity index (χ4v) is 3.58. The Morgan fingerprint density at radius 1 is 1.23 bits per heavy atom. The molecule has 1 aromatic carbocycles. The number of hydrogen-bond acceptors (Lipinski definition) is 5. The number of pyridine rings is 1. The Bertz CT molecular complexity index is 828. The van der Waals surface area contributed by atoms with Crippen molar-refractivity contribution in [2.75, 3.05) is 13.1 Å². The summed E-state index contributed by atoms with van der Waals surface area (Å²) >= 11 is 0. The summed E-state index contributed by atoms with van der Waals surface area (Å²) in [7, 11) is 0. The molecule has 6 heteroatoms. The van der Waals surface area contributed by atoms with Crippen LogP contribution in [0.3, 0.4) is 0 Å². The van der Waals surface area contributed by atoms with E-state index in [1.807, 2.05) is 24.4 Å². The van der Waals surface area contributed by atoms with Gasteiger partial charge >= 0.3 is 0 Å². The summed E-state index contributed by atoms with van der Waals surface area (Å²) in [6.45, 7) is 2.58. The van der Waals surface area contributed by atoms with Gasteiger partial charge in [-0.3, -0.25) is 14.7 Å². The summed E-state index contributed by atoms with van der Waals surface area (Å²) < 4.78 is 0. The Balaban J connectivity index is 1.43. The number of phenols is 1. The zero-order valence-corrected chi connectivity index (χ0v) is 14.4. The number of nitrogens with one attached hydrogen (secondary N) is 1. The Labute approximate surface area is 152 Å². The summed E-state index contributed by atoms with van der Waals surface area (Å²) in [4.78, 5) is 23.2. The maximum atomic E-state index is 11.4. The quantitative estimate of drug-likeness (QED) is 0.889. The van der Waals surface area contributed by atoms with Crippen molar-refractivity contribution < 1.29 is 14.7 Å². The second-order valence-corrected chi connectivity index (χ2v) is 6.73. The van der Waals surface area contributed by atoms with Crippen LogP contribution in [0.4, 0.5) is 0 Å². The molecule has 0 unspecified atom stereocenters. The molecule has 4 rings (SSSR count). The van der Waals surface area contributed by atoms with Crippen LogP contribution in [0.25, 0.3) is 6.08 Å². The van der Waals surface area contributed by atoms with Crippen LogP contribution in [0, 0.1) is 0 Å². The number of carbonyl (C=O) groups is 1. The number of rotatable bonds is 3. The minimum atomic E-state index is -0.348. The third kappa shape index (κ3) is 3.41. The standard InChI is InChI=1S/C20H21N3O3/c24-18-6-5-15-3-4-17(19(25)20(15)26-22-18)13-23-10-7-14(8-11-23)16-2-1-9-21-12-16/h1-6,9,12,14,25H,7-8,10-11,13H2,(H,22,24). The van der Waals surface area contributed by atoms with Gasteiger partial charge in [-0.15, -0.1) is 0 Å². The van der Waals surface area contributed by atoms with Gasteiger partial charge in [0.15, 0.2) is 5.75 Å². The molecule has 26 heavy (non-hydrogen) atoms. The Hall–Kier alpha value is -2.86. The monoisotopic (exact) mass is 351 g/mol. The number of hydrogen-bond donors (Lipinski definition) is 2. The highest BCUT2D eigenvalue weighted by atomic mass is 16.7. The van der Waals surface area contributed by atoms with E-state index in [0.29, 0.717) is 23.8 Å². The molecule has 0 atom stereocenters. The summed E-state index contributed by atoms with van der Waals surface area (Å²) in [6, 6.07) is 7.89. The summed E-state index contributed by atoms with van der Waals surface area (Å²) in [5.41, 5.74) is 5.07. The van der Waals surface area contributed by atoms with Crippen molar-refractivity contribution in [3.63, 3.8) is 0 Å². The first-order valence-electron chi connectivity index (χ1n) is 8.83. The van der Waals surface area contributed by atoms with E-state index in [1.54, 1.807) is 12.3 Å². The van der Waals surface area contributed by atoms with Gasteiger partial charge in [0.25, 0.3) is 5.91 Å². The van der Waals surface area contributed by atoms with Crippen LogP contribution >= 0.6 is 0 Å². The molecule has 2 aliphatic heterocycles. The Morgan fingerprint density at radius 2 is 2.08 bits per heavy atom. The van der Waals surface area contributed by atoms with E-state index in [1.165, 1.54) is 11.6 Å². The first-order chi connectivity index (χ1) is 12.7. The van der Waals surface area contributed by atoms with Crippen LogP contribution in [0.1, 0.15) is 35.4 Å². The van der Waals surface area contributed by atoms with Crippen LogP contribution in [-0.4, -0.2) is 34.0 Å². The highest BCUT2D eigenvalue weighted by molar-refractivity contribution is 5.92. The molecule has 1 fully saturated rings. The molecule has 1 aromatic heterocycles. The molecule has 2 N–H and O–H groups in total. The minimum absolute atomic E-state index is 0.0868. The molecule has 0 radical (unpaired) electrons. The molecular formula is C20H21N3O3.